The second kappa shape index (κ2) is 8.21. The van der Waals surface area contributed by atoms with E-state index in [9.17, 15) is 18.0 Å². The lowest BCUT2D eigenvalue weighted by Crippen LogP contribution is -2.37. The summed E-state index contributed by atoms with van der Waals surface area (Å²) in [6.07, 6.45) is -3.31. The van der Waals surface area contributed by atoms with Gasteiger partial charge in [0.1, 0.15) is 5.75 Å². The molecular weight excluding hydrogens is 365 g/mol. The first-order valence-electron chi connectivity index (χ1n) is 8.20. The number of alkyl halides is 3. The lowest BCUT2D eigenvalue weighted by molar-refractivity contribution is -0.274. The van der Waals surface area contributed by atoms with Gasteiger partial charge in [0, 0.05) is 19.3 Å². The van der Waals surface area contributed by atoms with Gasteiger partial charge < -0.3 is 19.7 Å². The van der Waals surface area contributed by atoms with Gasteiger partial charge >= 0.3 is 6.36 Å². The molecule has 0 radical (unpaired) electrons. The highest BCUT2D eigenvalue weighted by Crippen LogP contribution is 2.26. The van der Waals surface area contributed by atoms with Crippen LogP contribution in [0.1, 0.15) is 16.1 Å². The van der Waals surface area contributed by atoms with E-state index in [1.807, 2.05) is 4.90 Å². The molecule has 1 amide bonds. The molecule has 3 rings (SSSR count). The van der Waals surface area contributed by atoms with E-state index in [0.29, 0.717) is 37.9 Å². The van der Waals surface area contributed by atoms with Crippen molar-refractivity contribution < 1.29 is 27.4 Å². The Kier molecular flexibility index (Phi) is 5.75. The number of aromatic nitrogens is 2. The highest BCUT2D eigenvalue weighted by Gasteiger charge is 2.32. The van der Waals surface area contributed by atoms with Crippen LogP contribution in [0.4, 0.5) is 19.1 Å². The van der Waals surface area contributed by atoms with E-state index in [2.05, 4.69) is 20.0 Å². The Morgan fingerprint density at radius 3 is 2.70 bits per heavy atom. The smallest absolute Gasteiger partial charge is 0.405 e. The summed E-state index contributed by atoms with van der Waals surface area (Å²) in [4.78, 5) is 22.8. The van der Waals surface area contributed by atoms with Crippen LogP contribution in [0, 0.1) is 0 Å². The maximum Gasteiger partial charge on any atom is 0.573 e. The van der Waals surface area contributed by atoms with Gasteiger partial charge in [-0.2, -0.15) is 0 Å². The Morgan fingerprint density at radius 2 is 1.96 bits per heavy atom. The number of rotatable bonds is 5. The van der Waals surface area contributed by atoms with Crippen LogP contribution in [0.25, 0.3) is 0 Å². The Bertz CT molecular complexity index is 795. The molecule has 27 heavy (non-hydrogen) atoms. The van der Waals surface area contributed by atoms with Gasteiger partial charge in [-0.1, -0.05) is 12.1 Å². The molecule has 1 aromatic carbocycles. The average Bonchev–Trinajstić information content (AvgIpc) is 2.66. The summed E-state index contributed by atoms with van der Waals surface area (Å²) in [6.45, 7) is 2.54. The van der Waals surface area contributed by atoms with Crippen LogP contribution in [0.3, 0.4) is 0 Å². The number of halogens is 3. The molecule has 1 N–H and O–H groups in total. The number of amides is 1. The topological polar surface area (TPSA) is 76.6 Å². The lowest BCUT2D eigenvalue weighted by atomic mass is 10.2. The molecule has 0 atom stereocenters. The number of carbonyl (C=O) groups is 1. The predicted molar refractivity (Wildman–Crippen MR) is 89.4 cm³/mol. The van der Waals surface area contributed by atoms with Gasteiger partial charge in [0.25, 0.3) is 5.91 Å². The minimum absolute atomic E-state index is 0.0407. The molecule has 144 valence electrons. The van der Waals surface area contributed by atoms with E-state index in [1.54, 1.807) is 12.3 Å². The van der Waals surface area contributed by atoms with Crippen LogP contribution in [0.15, 0.2) is 36.5 Å². The van der Waals surface area contributed by atoms with Crippen molar-refractivity contribution in [2.45, 2.75) is 12.9 Å². The first kappa shape index (κ1) is 18.9. The van der Waals surface area contributed by atoms with Crippen molar-refractivity contribution in [2.75, 3.05) is 31.2 Å². The van der Waals surface area contributed by atoms with Gasteiger partial charge in [-0.25, -0.2) is 9.97 Å². The Balaban J connectivity index is 1.66. The molecule has 1 saturated heterocycles. The standard InChI is InChI=1S/C17H17F3N4O3/c18-17(19,20)27-14-4-2-1-3-13(14)15(25)22-11-12-5-6-21-16(23-12)24-7-9-26-10-8-24/h1-6H,7-11H2,(H,22,25). The van der Waals surface area contributed by atoms with Crippen molar-refractivity contribution in [3.05, 3.63) is 47.8 Å². The van der Waals surface area contributed by atoms with E-state index >= 15 is 0 Å². The number of hydrogen-bond acceptors (Lipinski definition) is 6. The van der Waals surface area contributed by atoms with Crippen molar-refractivity contribution in [2.24, 2.45) is 0 Å². The van der Waals surface area contributed by atoms with Gasteiger partial charge in [-0.15, -0.1) is 13.2 Å². The molecular formula is C17H17F3N4O3. The van der Waals surface area contributed by atoms with Gasteiger partial charge in [-0.3, -0.25) is 4.79 Å². The Morgan fingerprint density at radius 1 is 1.22 bits per heavy atom. The zero-order valence-electron chi connectivity index (χ0n) is 14.2. The molecule has 0 saturated carbocycles. The molecule has 0 bridgehead atoms. The van der Waals surface area contributed by atoms with Gasteiger partial charge in [0.2, 0.25) is 5.95 Å². The van der Waals surface area contributed by atoms with Crippen LogP contribution < -0.4 is 15.0 Å². The number of carbonyl (C=O) groups excluding carboxylic acids is 1. The summed E-state index contributed by atoms with van der Waals surface area (Å²) in [7, 11) is 0. The van der Waals surface area contributed by atoms with Crippen LogP contribution in [-0.4, -0.2) is 48.5 Å². The molecule has 1 aliphatic heterocycles. The largest absolute Gasteiger partial charge is 0.573 e. The van der Waals surface area contributed by atoms with Crippen molar-refractivity contribution >= 4 is 11.9 Å². The monoisotopic (exact) mass is 382 g/mol. The van der Waals surface area contributed by atoms with Crippen LogP contribution in [0.2, 0.25) is 0 Å². The van der Waals surface area contributed by atoms with Crippen molar-refractivity contribution in [1.29, 1.82) is 0 Å². The molecule has 0 spiro atoms. The number of ether oxygens (including phenoxy) is 2. The molecule has 1 fully saturated rings. The molecule has 2 aromatic rings. The maximum atomic E-state index is 12.5. The molecule has 1 aliphatic rings. The number of nitrogens with zero attached hydrogens (tertiary/aromatic N) is 3. The average molecular weight is 382 g/mol. The van der Waals surface area contributed by atoms with E-state index in [-0.39, 0.29) is 12.1 Å². The third-order valence-electron chi connectivity index (χ3n) is 3.78. The maximum absolute atomic E-state index is 12.5. The number of nitrogens with one attached hydrogen (secondary N) is 1. The molecule has 2 heterocycles. The first-order chi connectivity index (χ1) is 12.9. The van der Waals surface area contributed by atoms with E-state index < -0.39 is 18.0 Å². The Labute approximate surface area is 153 Å². The highest BCUT2D eigenvalue weighted by atomic mass is 19.4. The fourth-order valence-electron chi connectivity index (χ4n) is 2.53. The molecule has 7 nitrogen and oxygen atoms in total. The van der Waals surface area contributed by atoms with Crippen LogP contribution >= 0.6 is 0 Å². The molecule has 0 unspecified atom stereocenters. The lowest BCUT2D eigenvalue weighted by Gasteiger charge is -2.26. The molecule has 0 aliphatic carbocycles. The quantitative estimate of drug-likeness (QED) is 0.854. The van der Waals surface area contributed by atoms with Crippen molar-refractivity contribution in [3.63, 3.8) is 0 Å². The summed E-state index contributed by atoms with van der Waals surface area (Å²) in [5.74, 6) is -0.730. The number of hydrogen-bond donors (Lipinski definition) is 1. The predicted octanol–water partition coefficient (Wildman–Crippen LogP) is 2.14. The van der Waals surface area contributed by atoms with Gasteiger partial charge in [-0.05, 0) is 18.2 Å². The number of para-hydroxylation sites is 1. The molecule has 10 heteroatoms. The summed E-state index contributed by atoms with van der Waals surface area (Å²) >= 11 is 0. The number of morpholine rings is 1. The second-order valence-electron chi connectivity index (χ2n) is 5.67. The summed E-state index contributed by atoms with van der Waals surface area (Å²) in [5.41, 5.74) is 0.325. The Hall–Kier alpha value is -2.88. The van der Waals surface area contributed by atoms with Crippen molar-refractivity contribution in [3.8, 4) is 5.75 Å². The zero-order chi connectivity index (χ0) is 19.3. The fourth-order valence-corrected chi connectivity index (χ4v) is 2.53. The number of anilines is 1. The minimum atomic E-state index is -4.88. The summed E-state index contributed by atoms with van der Waals surface area (Å²) < 4.78 is 46.6. The van der Waals surface area contributed by atoms with Gasteiger partial charge in [0.05, 0.1) is 31.0 Å². The summed E-state index contributed by atoms with van der Waals surface area (Å²) in [6, 6.07) is 6.79. The fraction of sp³-hybridized carbons (Fsp3) is 0.353. The van der Waals surface area contributed by atoms with Crippen LogP contribution in [-0.2, 0) is 11.3 Å². The normalized spacial score (nSPS) is 14.7. The van der Waals surface area contributed by atoms with E-state index in [0.717, 1.165) is 6.07 Å². The van der Waals surface area contributed by atoms with Crippen molar-refractivity contribution in [1.82, 2.24) is 15.3 Å². The van der Waals surface area contributed by atoms with E-state index in [1.165, 1.54) is 18.2 Å². The third kappa shape index (κ3) is 5.30. The van der Waals surface area contributed by atoms with E-state index in [4.69, 9.17) is 4.74 Å². The SMILES string of the molecule is O=C(NCc1ccnc(N2CCOCC2)n1)c1ccccc1OC(F)(F)F. The minimum Gasteiger partial charge on any atom is -0.405 e. The first-order valence-corrected chi connectivity index (χ1v) is 8.20. The third-order valence-corrected chi connectivity index (χ3v) is 3.78. The zero-order valence-corrected chi connectivity index (χ0v) is 14.2. The number of benzene rings is 1. The highest BCUT2D eigenvalue weighted by molar-refractivity contribution is 5.96. The van der Waals surface area contributed by atoms with Gasteiger partial charge in [0.15, 0.2) is 0 Å². The van der Waals surface area contributed by atoms with Crippen LogP contribution in [0.5, 0.6) is 5.75 Å². The molecule has 1 aromatic heterocycles. The summed E-state index contributed by atoms with van der Waals surface area (Å²) in [5, 5.41) is 2.55. The second-order valence-corrected chi connectivity index (χ2v) is 5.67.